The molecule has 2 nitrogen and oxygen atoms in total. The SMILES string of the molecule is NC(Cc1ccc(-c2ccccc2F)cc1)c1cccnc1. The summed E-state index contributed by atoms with van der Waals surface area (Å²) in [6.45, 7) is 0. The van der Waals surface area contributed by atoms with Crippen LogP contribution in [0.4, 0.5) is 4.39 Å². The second-order valence-corrected chi connectivity index (χ2v) is 5.27. The Kier molecular flexibility index (Phi) is 4.26. The molecule has 0 aliphatic carbocycles. The van der Waals surface area contributed by atoms with Crippen LogP contribution in [0.3, 0.4) is 0 Å². The third kappa shape index (κ3) is 3.21. The number of nitrogens with zero attached hydrogens (tertiary/aromatic N) is 1. The molecule has 0 saturated carbocycles. The van der Waals surface area contributed by atoms with Crippen molar-refractivity contribution in [1.29, 1.82) is 0 Å². The summed E-state index contributed by atoms with van der Waals surface area (Å²) in [5.74, 6) is -0.206. The van der Waals surface area contributed by atoms with Gasteiger partial charge in [0.15, 0.2) is 0 Å². The number of benzene rings is 2. The second kappa shape index (κ2) is 6.50. The Balaban J connectivity index is 1.76. The quantitative estimate of drug-likeness (QED) is 0.785. The predicted octanol–water partition coefficient (Wildman–Crippen LogP) is 4.13. The van der Waals surface area contributed by atoms with Gasteiger partial charge in [0, 0.05) is 24.0 Å². The van der Waals surface area contributed by atoms with Crippen LogP contribution in [0.15, 0.2) is 73.1 Å². The van der Waals surface area contributed by atoms with Gasteiger partial charge < -0.3 is 5.73 Å². The highest BCUT2D eigenvalue weighted by Crippen LogP contribution is 2.24. The van der Waals surface area contributed by atoms with E-state index < -0.39 is 0 Å². The molecule has 0 bridgehead atoms. The van der Waals surface area contributed by atoms with Crippen molar-refractivity contribution in [2.45, 2.75) is 12.5 Å². The van der Waals surface area contributed by atoms with Gasteiger partial charge >= 0.3 is 0 Å². The zero-order chi connectivity index (χ0) is 15.4. The van der Waals surface area contributed by atoms with Crippen LogP contribution >= 0.6 is 0 Å². The van der Waals surface area contributed by atoms with Gasteiger partial charge in [-0.2, -0.15) is 0 Å². The molecule has 3 rings (SSSR count). The molecule has 0 saturated heterocycles. The number of hydrogen-bond acceptors (Lipinski definition) is 2. The largest absolute Gasteiger partial charge is 0.324 e. The van der Waals surface area contributed by atoms with E-state index in [0.29, 0.717) is 5.56 Å². The van der Waals surface area contributed by atoms with Gasteiger partial charge in [-0.05, 0) is 35.2 Å². The maximum atomic E-state index is 13.8. The van der Waals surface area contributed by atoms with Crippen molar-refractivity contribution in [3.8, 4) is 11.1 Å². The first-order valence-corrected chi connectivity index (χ1v) is 7.23. The first-order valence-electron chi connectivity index (χ1n) is 7.23. The summed E-state index contributed by atoms with van der Waals surface area (Å²) in [4.78, 5) is 4.09. The van der Waals surface area contributed by atoms with Crippen molar-refractivity contribution in [2.75, 3.05) is 0 Å². The van der Waals surface area contributed by atoms with E-state index in [1.165, 1.54) is 6.07 Å². The molecule has 2 aromatic carbocycles. The molecule has 0 aliphatic rings. The van der Waals surface area contributed by atoms with E-state index in [4.69, 9.17) is 5.73 Å². The monoisotopic (exact) mass is 292 g/mol. The number of aromatic nitrogens is 1. The summed E-state index contributed by atoms with van der Waals surface area (Å²) in [6.07, 6.45) is 4.25. The van der Waals surface area contributed by atoms with Gasteiger partial charge in [0.2, 0.25) is 0 Å². The van der Waals surface area contributed by atoms with E-state index in [1.54, 1.807) is 24.5 Å². The van der Waals surface area contributed by atoms with Gasteiger partial charge in [0.05, 0.1) is 0 Å². The Morgan fingerprint density at radius 2 is 1.73 bits per heavy atom. The molecular formula is C19H17FN2. The van der Waals surface area contributed by atoms with E-state index >= 15 is 0 Å². The summed E-state index contributed by atoms with van der Waals surface area (Å²) in [7, 11) is 0. The molecule has 2 N–H and O–H groups in total. The highest BCUT2D eigenvalue weighted by Gasteiger charge is 2.08. The number of rotatable bonds is 4. The zero-order valence-electron chi connectivity index (χ0n) is 12.1. The normalized spacial score (nSPS) is 12.1. The van der Waals surface area contributed by atoms with Crippen LogP contribution in [-0.2, 0) is 6.42 Å². The van der Waals surface area contributed by atoms with Crippen molar-refractivity contribution >= 4 is 0 Å². The Hall–Kier alpha value is -2.52. The molecular weight excluding hydrogens is 275 g/mol. The fraction of sp³-hybridized carbons (Fsp3) is 0.105. The van der Waals surface area contributed by atoms with E-state index in [-0.39, 0.29) is 11.9 Å². The van der Waals surface area contributed by atoms with Crippen molar-refractivity contribution in [3.05, 3.63) is 90.0 Å². The molecule has 0 amide bonds. The summed E-state index contributed by atoms with van der Waals surface area (Å²) >= 11 is 0. The van der Waals surface area contributed by atoms with Crippen LogP contribution in [0.2, 0.25) is 0 Å². The number of halogens is 1. The molecule has 0 aliphatic heterocycles. The third-order valence-corrected chi connectivity index (χ3v) is 3.71. The molecule has 1 unspecified atom stereocenters. The van der Waals surface area contributed by atoms with Crippen LogP contribution in [0.1, 0.15) is 17.2 Å². The van der Waals surface area contributed by atoms with Gasteiger partial charge in [0.1, 0.15) is 5.82 Å². The first-order chi connectivity index (χ1) is 10.7. The number of hydrogen-bond donors (Lipinski definition) is 1. The van der Waals surface area contributed by atoms with Crippen molar-refractivity contribution in [2.24, 2.45) is 5.73 Å². The molecule has 0 fully saturated rings. The Morgan fingerprint density at radius 1 is 0.955 bits per heavy atom. The highest BCUT2D eigenvalue weighted by atomic mass is 19.1. The van der Waals surface area contributed by atoms with Crippen molar-refractivity contribution in [1.82, 2.24) is 4.98 Å². The summed E-state index contributed by atoms with van der Waals surface area (Å²) in [5, 5.41) is 0. The number of nitrogens with two attached hydrogens (primary N) is 1. The topological polar surface area (TPSA) is 38.9 Å². The molecule has 0 radical (unpaired) electrons. The van der Waals surface area contributed by atoms with Gasteiger partial charge in [-0.3, -0.25) is 4.98 Å². The van der Waals surface area contributed by atoms with Gasteiger partial charge in [-0.15, -0.1) is 0 Å². The van der Waals surface area contributed by atoms with E-state index in [2.05, 4.69) is 4.98 Å². The highest BCUT2D eigenvalue weighted by molar-refractivity contribution is 5.64. The Bertz CT molecular complexity index is 739. The van der Waals surface area contributed by atoms with Gasteiger partial charge in [0.25, 0.3) is 0 Å². The summed E-state index contributed by atoms with van der Waals surface area (Å²) in [5.41, 5.74) is 9.82. The lowest BCUT2D eigenvalue weighted by atomic mass is 9.98. The second-order valence-electron chi connectivity index (χ2n) is 5.27. The fourth-order valence-electron chi connectivity index (χ4n) is 2.48. The van der Waals surface area contributed by atoms with E-state index in [0.717, 1.165) is 23.1 Å². The third-order valence-electron chi connectivity index (χ3n) is 3.71. The van der Waals surface area contributed by atoms with Crippen LogP contribution in [0.25, 0.3) is 11.1 Å². The van der Waals surface area contributed by atoms with Crippen LogP contribution in [0.5, 0.6) is 0 Å². The van der Waals surface area contributed by atoms with Gasteiger partial charge in [-0.25, -0.2) is 4.39 Å². The molecule has 1 heterocycles. The average molecular weight is 292 g/mol. The Labute approximate surface area is 129 Å². The van der Waals surface area contributed by atoms with Crippen molar-refractivity contribution in [3.63, 3.8) is 0 Å². The Morgan fingerprint density at radius 3 is 2.41 bits per heavy atom. The molecule has 22 heavy (non-hydrogen) atoms. The minimum Gasteiger partial charge on any atom is -0.324 e. The maximum Gasteiger partial charge on any atom is 0.131 e. The van der Waals surface area contributed by atoms with Crippen LogP contribution in [-0.4, -0.2) is 4.98 Å². The number of pyridine rings is 1. The first kappa shape index (κ1) is 14.4. The smallest absolute Gasteiger partial charge is 0.131 e. The van der Waals surface area contributed by atoms with Crippen LogP contribution < -0.4 is 5.73 Å². The maximum absolute atomic E-state index is 13.8. The molecule has 1 aromatic heterocycles. The average Bonchev–Trinajstić information content (AvgIpc) is 2.57. The van der Waals surface area contributed by atoms with Crippen LogP contribution in [0, 0.1) is 5.82 Å². The lowest BCUT2D eigenvalue weighted by molar-refractivity contribution is 0.631. The molecule has 110 valence electrons. The molecule has 1 atom stereocenters. The molecule has 3 heteroatoms. The lowest BCUT2D eigenvalue weighted by Gasteiger charge is -2.12. The minimum atomic E-state index is -0.206. The van der Waals surface area contributed by atoms with Gasteiger partial charge in [-0.1, -0.05) is 48.5 Å². The predicted molar refractivity (Wildman–Crippen MR) is 86.7 cm³/mol. The lowest BCUT2D eigenvalue weighted by Crippen LogP contribution is -2.13. The standard InChI is InChI=1S/C19H17FN2/c20-18-6-2-1-5-17(18)15-9-7-14(8-10-15)12-19(21)16-4-3-11-22-13-16/h1-11,13,19H,12,21H2. The van der Waals surface area contributed by atoms with E-state index in [9.17, 15) is 4.39 Å². The molecule has 3 aromatic rings. The zero-order valence-corrected chi connectivity index (χ0v) is 12.1. The minimum absolute atomic E-state index is 0.0898. The van der Waals surface area contributed by atoms with E-state index in [1.807, 2.05) is 42.5 Å². The summed E-state index contributed by atoms with van der Waals surface area (Å²) in [6, 6.07) is 18.4. The van der Waals surface area contributed by atoms with Crippen molar-refractivity contribution < 1.29 is 4.39 Å². The molecule has 0 spiro atoms. The fourth-order valence-corrected chi connectivity index (χ4v) is 2.48. The summed E-state index contributed by atoms with van der Waals surface area (Å²) < 4.78 is 13.8.